The minimum absolute atomic E-state index is 0.0333. The second kappa shape index (κ2) is 5.23. The predicted molar refractivity (Wildman–Crippen MR) is 64.5 cm³/mol. The Morgan fingerprint density at radius 3 is 2.62 bits per heavy atom. The summed E-state index contributed by atoms with van der Waals surface area (Å²) < 4.78 is 0. The number of rotatable bonds is 3. The SMILES string of the molecule is CC(=O)C(c1ccccc1)C1CNCCN1. The highest BCUT2D eigenvalue weighted by molar-refractivity contribution is 5.84. The summed E-state index contributed by atoms with van der Waals surface area (Å²) in [7, 11) is 0. The molecule has 3 nitrogen and oxygen atoms in total. The number of piperazine rings is 1. The van der Waals surface area contributed by atoms with Gasteiger partial charge >= 0.3 is 0 Å². The third-order valence-electron chi connectivity index (χ3n) is 3.07. The van der Waals surface area contributed by atoms with E-state index in [0.29, 0.717) is 0 Å². The second-order valence-electron chi connectivity index (χ2n) is 4.26. The van der Waals surface area contributed by atoms with Crippen molar-refractivity contribution in [3.8, 4) is 0 Å². The molecule has 16 heavy (non-hydrogen) atoms. The molecular formula is C13H18N2O. The first-order valence-electron chi connectivity index (χ1n) is 5.78. The van der Waals surface area contributed by atoms with Crippen molar-refractivity contribution in [1.82, 2.24) is 10.6 Å². The molecule has 3 heteroatoms. The molecule has 2 rings (SSSR count). The first-order valence-corrected chi connectivity index (χ1v) is 5.78. The van der Waals surface area contributed by atoms with E-state index in [9.17, 15) is 4.79 Å². The van der Waals surface area contributed by atoms with E-state index >= 15 is 0 Å². The molecule has 2 N–H and O–H groups in total. The van der Waals surface area contributed by atoms with Gasteiger partial charge in [0.2, 0.25) is 0 Å². The molecule has 1 aliphatic rings. The summed E-state index contributed by atoms with van der Waals surface area (Å²) in [5.74, 6) is 0.196. The van der Waals surface area contributed by atoms with Gasteiger partial charge in [-0.2, -0.15) is 0 Å². The van der Waals surface area contributed by atoms with Gasteiger partial charge in [-0.15, -0.1) is 0 Å². The van der Waals surface area contributed by atoms with Crippen molar-refractivity contribution in [3.63, 3.8) is 0 Å². The van der Waals surface area contributed by atoms with Gasteiger partial charge in [0.25, 0.3) is 0 Å². The number of nitrogens with one attached hydrogen (secondary N) is 2. The Bertz CT molecular complexity index is 344. The van der Waals surface area contributed by atoms with E-state index in [1.807, 2.05) is 30.3 Å². The van der Waals surface area contributed by atoms with Gasteiger partial charge in [-0.05, 0) is 12.5 Å². The van der Waals surface area contributed by atoms with Crippen LogP contribution in [0.2, 0.25) is 0 Å². The maximum absolute atomic E-state index is 11.8. The zero-order valence-corrected chi connectivity index (χ0v) is 9.57. The second-order valence-corrected chi connectivity index (χ2v) is 4.26. The summed E-state index contributed by atoms with van der Waals surface area (Å²) in [6.45, 7) is 4.45. The average Bonchev–Trinajstić information content (AvgIpc) is 2.31. The highest BCUT2D eigenvalue weighted by Crippen LogP contribution is 2.21. The Morgan fingerprint density at radius 2 is 2.06 bits per heavy atom. The molecule has 86 valence electrons. The van der Waals surface area contributed by atoms with E-state index in [4.69, 9.17) is 0 Å². The molecule has 1 aliphatic heterocycles. The van der Waals surface area contributed by atoms with Crippen LogP contribution in [0, 0.1) is 0 Å². The van der Waals surface area contributed by atoms with Gasteiger partial charge in [0, 0.05) is 25.7 Å². The van der Waals surface area contributed by atoms with Gasteiger partial charge in [-0.25, -0.2) is 0 Å². The summed E-state index contributed by atoms with van der Waals surface area (Å²) in [5.41, 5.74) is 1.11. The van der Waals surface area contributed by atoms with Crippen LogP contribution in [0.15, 0.2) is 30.3 Å². The molecule has 0 aromatic heterocycles. The van der Waals surface area contributed by atoms with Crippen LogP contribution < -0.4 is 10.6 Å². The van der Waals surface area contributed by atoms with Gasteiger partial charge in [-0.3, -0.25) is 4.79 Å². The van der Waals surface area contributed by atoms with Gasteiger partial charge in [0.15, 0.2) is 0 Å². The first kappa shape index (κ1) is 11.3. The lowest BCUT2D eigenvalue weighted by Crippen LogP contribution is -2.52. The maximum atomic E-state index is 11.8. The van der Waals surface area contributed by atoms with Gasteiger partial charge in [0.05, 0.1) is 5.92 Å². The van der Waals surface area contributed by atoms with Crippen LogP contribution in [0.5, 0.6) is 0 Å². The Labute approximate surface area is 96.2 Å². The van der Waals surface area contributed by atoms with Crippen LogP contribution in [0.3, 0.4) is 0 Å². The fraction of sp³-hybridized carbons (Fsp3) is 0.462. The monoisotopic (exact) mass is 218 g/mol. The molecule has 1 aromatic rings. The van der Waals surface area contributed by atoms with Crippen LogP contribution in [0.25, 0.3) is 0 Å². The van der Waals surface area contributed by atoms with Crippen molar-refractivity contribution in [1.29, 1.82) is 0 Å². The lowest BCUT2D eigenvalue weighted by molar-refractivity contribution is -0.119. The number of benzene rings is 1. The fourth-order valence-corrected chi connectivity index (χ4v) is 2.32. The van der Waals surface area contributed by atoms with Crippen LogP contribution in [-0.4, -0.2) is 31.5 Å². The van der Waals surface area contributed by atoms with Crippen LogP contribution in [0.1, 0.15) is 18.4 Å². The third-order valence-corrected chi connectivity index (χ3v) is 3.07. The molecule has 1 fully saturated rings. The molecule has 1 heterocycles. The van der Waals surface area contributed by atoms with E-state index in [0.717, 1.165) is 25.2 Å². The quantitative estimate of drug-likeness (QED) is 0.792. The molecular weight excluding hydrogens is 200 g/mol. The summed E-state index contributed by atoms with van der Waals surface area (Å²) in [6, 6.07) is 10.2. The van der Waals surface area contributed by atoms with Crippen molar-refractivity contribution >= 4 is 5.78 Å². The average molecular weight is 218 g/mol. The van der Waals surface area contributed by atoms with Crippen molar-refractivity contribution in [2.24, 2.45) is 0 Å². The number of hydrogen-bond acceptors (Lipinski definition) is 3. The van der Waals surface area contributed by atoms with Crippen LogP contribution in [-0.2, 0) is 4.79 Å². The molecule has 0 bridgehead atoms. The van der Waals surface area contributed by atoms with E-state index in [1.165, 1.54) is 0 Å². The highest BCUT2D eigenvalue weighted by Gasteiger charge is 2.27. The minimum Gasteiger partial charge on any atom is -0.314 e. The van der Waals surface area contributed by atoms with E-state index in [2.05, 4.69) is 10.6 Å². The molecule has 1 aromatic carbocycles. The van der Waals surface area contributed by atoms with Gasteiger partial charge in [0.1, 0.15) is 5.78 Å². The topological polar surface area (TPSA) is 41.1 Å². The number of hydrogen-bond donors (Lipinski definition) is 2. The fourth-order valence-electron chi connectivity index (χ4n) is 2.32. The Morgan fingerprint density at radius 1 is 1.31 bits per heavy atom. The van der Waals surface area contributed by atoms with Crippen molar-refractivity contribution in [2.45, 2.75) is 18.9 Å². The van der Waals surface area contributed by atoms with Crippen molar-refractivity contribution < 1.29 is 4.79 Å². The maximum Gasteiger partial charge on any atom is 0.138 e. The van der Waals surface area contributed by atoms with Gasteiger partial charge in [-0.1, -0.05) is 30.3 Å². The zero-order valence-electron chi connectivity index (χ0n) is 9.57. The zero-order chi connectivity index (χ0) is 11.4. The summed E-state index contributed by atoms with van der Waals surface area (Å²) in [5, 5.41) is 6.74. The molecule has 0 saturated carbocycles. The molecule has 0 spiro atoms. The van der Waals surface area contributed by atoms with E-state index < -0.39 is 0 Å². The molecule has 1 saturated heterocycles. The molecule has 0 amide bonds. The van der Waals surface area contributed by atoms with Crippen LogP contribution >= 0.6 is 0 Å². The van der Waals surface area contributed by atoms with Gasteiger partial charge < -0.3 is 10.6 Å². The highest BCUT2D eigenvalue weighted by atomic mass is 16.1. The third kappa shape index (κ3) is 2.49. The number of Topliss-reactive ketones (excluding diaryl/α,β-unsaturated/α-hetero) is 1. The Balaban J connectivity index is 2.20. The summed E-state index contributed by atoms with van der Waals surface area (Å²) in [4.78, 5) is 11.8. The molecule has 2 atom stereocenters. The predicted octanol–water partition coefficient (Wildman–Crippen LogP) is 0.921. The number of ketones is 1. The number of carbonyl (C=O) groups excluding carboxylic acids is 1. The van der Waals surface area contributed by atoms with Crippen LogP contribution in [0.4, 0.5) is 0 Å². The lowest BCUT2D eigenvalue weighted by atomic mass is 9.87. The standard InChI is InChI=1S/C13H18N2O/c1-10(16)13(11-5-3-2-4-6-11)12-9-14-7-8-15-12/h2-6,12-15H,7-9H2,1H3. The van der Waals surface area contributed by atoms with E-state index in [1.54, 1.807) is 6.92 Å². The van der Waals surface area contributed by atoms with Crippen molar-refractivity contribution in [2.75, 3.05) is 19.6 Å². The molecule has 0 aliphatic carbocycles. The largest absolute Gasteiger partial charge is 0.314 e. The van der Waals surface area contributed by atoms with Crippen molar-refractivity contribution in [3.05, 3.63) is 35.9 Å². The first-order chi connectivity index (χ1) is 7.79. The Kier molecular flexibility index (Phi) is 3.70. The normalized spacial score (nSPS) is 22.7. The molecule has 0 radical (unpaired) electrons. The Hall–Kier alpha value is -1.19. The lowest BCUT2D eigenvalue weighted by Gasteiger charge is -2.30. The summed E-state index contributed by atoms with van der Waals surface area (Å²) in [6.07, 6.45) is 0. The summed E-state index contributed by atoms with van der Waals surface area (Å²) >= 11 is 0. The number of carbonyl (C=O) groups is 1. The van der Waals surface area contributed by atoms with E-state index in [-0.39, 0.29) is 17.7 Å². The smallest absolute Gasteiger partial charge is 0.138 e. The minimum atomic E-state index is -0.0333. The molecule has 2 unspecified atom stereocenters.